The third-order valence-electron chi connectivity index (χ3n) is 0.371. The first-order valence-corrected chi connectivity index (χ1v) is 1.95. The molecule has 0 heterocycles. The first-order valence-electron chi connectivity index (χ1n) is 1.95. The number of rotatable bonds is 4. The van der Waals surface area contributed by atoms with Gasteiger partial charge in [0.1, 0.15) is 13.1 Å². The minimum Gasteiger partial charge on any atom is -0.289 e. The molecule has 0 spiro atoms. The molecule has 0 saturated carbocycles. The van der Waals surface area contributed by atoms with Crippen molar-refractivity contribution >= 4 is 12.6 Å². The fourth-order valence-electron chi connectivity index (χ4n) is 0.158. The van der Waals surface area contributed by atoms with Crippen LogP contribution < -0.4 is 0 Å². The average Bonchev–Trinajstić information content (AvgIpc) is 1.81. The predicted molar refractivity (Wildman–Crippen MR) is 26.0 cm³/mol. The normalized spacial score (nSPS) is 9.50. The Kier molecular flexibility index (Phi) is 5.15. The lowest BCUT2D eigenvalue weighted by molar-refractivity contribution is 0.551. The molecule has 0 aromatic rings. The SMILES string of the molecule is O=[C]CN=NC[C]=O. The van der Waals surface area contributed by atoms with Crippen LogP contribution in [0.1, 0.15) is 0 Å². The third kappa shape index (κ3) is 4.94. The van der Waals surface area contributed by atoms with E-state index >= 15 is 0 Å². The predicted octanol–water partition coefficient (Wildman–Crippen LogP) is -0.342. The maximum atomic E-state index is 9.39. The highest BCUT2D eigenvalue weighted by atomic mass is 16.1. The van der Waals surface area contributed by atoms with E-state index in [9.17, 15) is 9.59 Å². The summed E-state index contributed by atoms with van der Waals surface area (Å²) in [5.74, 6) is 0. The number of hydrogen-bond donors (Lipinski definition) is 0. The van der Waals surface area contributed by atoms with Gasteiger partial charge in [0.25, 0.3) is 0 Å². The van der Waals surface area contributed by atoms with Crippen molar-refractivity contribution in [3.05, 3.63) is 0 Å². The van der Waals surface area contributed by atoms with E-state index in [1.165, 1.54) is 12.6 Å². The summed E-state index contributed by atoms with van der Waals surface area (Å²) in [6.07, 6.45) is 2.97. The van der Waals surface area contributed by atoms with E-state index < -0.39 is 0 Å². The van der Waals surface area contributed by atoms with Gasteiger partial charge in [0.2, 0.25) is 12.6 Å². The summed E-state index contributed by atoms with van der Waals surface area (Å²) in [6, 6.07) is 0. The fourth-order valence-corrected chi connectivity index (χ4v) is 0.158. The molecule has 2 radical (unpaired) electrons. The Hall–Kier alpha value is -1.06. The molecule has 0 bridgehead atoms. The van der Waals surface area contributed by atoms with Crippen LogP contribution >= 0.6 is 0 Å². The second-order valence-corrected chi connectivity index (χ2v) is 0.888. The molecule has 0 aliphatic rings. The Balaban J connectivity index is 3.06. The number of azo groups is 1. The molecule has 0 rings (SSSR count). The molecule has 0 unspecified atom stereocenters. The van der Waals surface area contributed by atoms with Crippen LogP contribution in [0.4, 0.5) is 0 Å². The van der Waals surface area contributed by atoms with Crippen LogP contribution in [0.3, 0.4) is 0 Å². The molecule has 0 N–H and O–H groups in total. The quantitative estimate of drug-likeness (QED) is 0.467. The molecule has 0 aliphatic carbocycles. The summed E-state index contributed by atoms with van der Waals surface area (Å²) in [6.45, 7) is -0.191. The lowest BCUT2D eigenvalue weighted by atomic mass is 10.8. The van der Waals surface area contributed by atoms with E-state index in [0.717, 1.165) is 0 Å². The summed E-state index contributed by atoms with van der Waals surface area (Å²) >= 11 is 0. The monoisotopic (exact) mass is 112 g/mol. The van der Waals surface area contributed by atoms with E-state index in [1.54, 1.807) is 0 Å². The molecule has 0 saturated heterocycles. The molecule has 4 heteroatoms. The first-order chi connectivity index (χ1) is 3.91. The maximum Gasteiger partial charge on any atom is 0.223 e. The van der Waals surface area contributed by atoms with Crippen LogP contribution in [0.15, 0.2) is 10.2 Å². The molecule has 0 aromatic carbocycles. The second-order valence-electron chi connectivity index (χ2n) is 0.888. The van der Waals surface area contributed by atoms with Crippen molar-refractivity contribution in [2.24, 2.45) is 10.2 Å². The van der Waals surface area contributed by atoms with Gasteiger partial charge in [-0.2, -0.15) is 10.2 Å². The van der Waals surface area contributed by atoms with E-state index in [4.69, 9.17) is 0 Å². The van der Waals surface area contributed by atoms with Crippen molar-refractivity contribution in [2.45, 2.75) is 0 Å². The highest BCUT2D eigenvalue weighted by molar-refractivity contribution is 5.54. The van der Waals surface area contributed by atoms with E-state index in [1.807, 2.05) is 0 Å². The minimum absolute atomic E-state index is 0.0956. The van der Waals surface area contributed by atoms with Gasteiger partial charge in [-0.25, -0.2) is 0 Å². The van der Waals surface area contributed by atoms with Crippen molar-refractivity contribution in [2.75, 3.05) is 13.1 Å². The van der Waals surface area contributed by atoms with Gasteiger partial charge < -0.3 is 0 Å². The smallest absolute Gasteiger partial charge is 0.223 e. The molecule has 0 atom stereocenters. The molecule has 0 aliphatic heterocycles. The molecule has 0 aromatic heterocycles. The van der Waals surface area contributed by atoms with Gasteiger partial charge in [-0.3, -0.25) is 9.59 Å². The maximum absolute atomic E-state index is 9.39. The second kappa shape index (κ2) is 5.94. The molecule has 4 nitrogen and oxygen atoms in total. The zero-order valence-corrected chi connectivity index (χ0v) is 4.13. The number of nitrogens with zero attached hydrogens (tertiary/aromatic N) is 2. The lowest BCUT2D eigenvalue weighted by Crippen LogP contribution is -1.80. The van der Waals surface area contributed by atoms with Gasteiger partial charge in [0.05, 0.1) is 0 Å². The zero-order valence-electron chi connectivity index (χ0n) is 4.13. The van der Waals surface area contributed by atoms with E-state index in [-0.39, 0.29) is 13.1 Å². The molecule has 0 amide bonds. The highest BCUT2D eigenvalue weighted by Gasteiger charge is 1.74. The lowest BCUT2D eigenvalue weighted by Gasteiger charge is -1.72. The fraction of sp³-hybridized carbons (Fsp3) is 0.500. The van der Waals surface area contributed by atoms with Gasteiger partial charge in [0.15, 0.2) is 0 Å². The highest BCUT2D eigenvalue weighted by Crippen LogP contribution is 1.68. The average molecular weight is 112 g/mol. The summed E-state index contributed by atoms with van der Waals surface area (Å²) < 4.78 is 0. The largest absolute Gasteiger partial charge is 0.289 e. The summed E-state index contributed by atoms with van der Waals surface area (Å²) in [5, 5.41) is 6.44. The standard InChI is InChI=1S/C4H4N2O2/c7-3-1-5-6-2-4-8/h1-2H2. The Labute approximate surface area is 46.6 Å². The van der Waals surface area contributed by atoms with Gasteiger partial charge in [-0.15, -0.1) is 0 Å². The van der Waals surface area contributed by atoms with Crippen LogP contribution in [0.5, 0.6) is 0 Å². The summed E-state index contributed by atoms with van der Waals surface area (Å²) in [5.41, 5.74) is 0. The van der Waals surface area contributed by atoms with E-state index in [2.05, 4.69) is 10.2 Å². The first kappa shape index (κ1) is 6.94. The van der Waals surface area contributed by atoms with Crippen molar-refractivity contribution in [1.82, 2.24) is 0 Å². The molecular formula is C4H4N2O2. The summed E-state index contributed by atoms with van der Waals surface area (Å²) in [7, 11) is 0. The van der Waals surface area contributed by atoms with Gasteiger partial charge in [-0.1, -0.05) is 0 Å². The van der Waals surface area contributed by atoms with Crippen molar-refractivity contribution in [3.63, 3.8) is 0 Å². The molecule has 0 fully saturated rings. The number of hydrogen-bond acceptors (Lipinski definition) is 4. The molecular weight excluding hydrogens is 108 g/mol. The Bertz CT molecular complexity index is 88.2. The van der Waals surface area contributed by atoms with Gasteiger partial charge >= 0.3 is 0 Å². The van der Waals surface area contributed by atoms with Crippen LogP contribution in [0.25, 0.3) is 0 Å². The zero-order chi connectivity index (χ0) is 6.24. The van der Waals surface area contributed by atoms with Crippen LogP contribution in [-0.4, -0.2) is 25.7 Å². The number of carbonyl (C=O) groups excluding carboxylic acids is 2. The molecule has 42 valence electrons. The topological polar surface area (TPSA) is 58.9 Å². The van der Waals surface area contributed by atoms with Crippen molar-refractivity contribution in [3.8, 4) is 0 Å². The Morgan fingerprint density at radius 2 is 1.38 bits per heavy atom. The molecule has 8 heavy (non-hydrogen) atoms. The van der Waals surface area contributed by atoms with Gasteiger partial charge in [-0.05, 0) is 0 Å². The van der Waals surface area contributed by atoms with Crippen LogP contribution in [0.2, 0.25) is 0 Å². The van der Waals surface area contributed by atoms with E-state index in [0.29, 0.717) is 0 Å². The Morgan fingerprint density at radius 3 is 1.62 bits per heavy atom. The van der Waals surface area contributed by atoms with Crippen molar-refractivity contribution in [1.29, 1.82) is 0 Å². The van der Waals surface area contributed by atoms with Crippen LogP contribution in [0, 0.1) is 0 Å². The minimum atomic E-state index is -0.0956. The Morgan fingerprint density at radius 1 is 1.00 bits per heavy atom. The summed E-state index contributed by atoms with van der Waals surface area (Å²) in [4.78, 5) is 18.8. The van der Waals surface area contributed by atoms with Crippen LogP contribution in [-0.2, 0) is 9.59 Å². The third-order valence-corrected chi connectivity index (χ3v) is 0.371. The van der Waals surface area contributed by atoms with Crippen molar-refractivity contribution < 1.29 is 9.59 Å². The van der Waals surface area contributed by atoms with Gasteiger partial charge in [0, 0.05) is 0 Å².